The Labute approximate surface area is 134 Å². The van der Waals surface area contributed by atoms with E-state index in [4.69, 9.17) is 4.52 Å². The van der Waals surface area contributed by atoms with Crippen LogP contribution in [0.1, 0.15) is 48.3 Å². The number of nitrogens with zero attached hydrogens (tertiary/aromatic N) is 2. The van der Waals surface area contributed by atoms with Crippen LogP contribution >= 0.6 is 0 Å². The van der Waals surface area contributed by atoms with Gasteiger partial charge in [-0.15, -0.1) is 0 Å². The van der Waals surface area contributed by atoms with Crippen molar-refractivity contribution in [2.45, 2.75) is 53.0 Å². The van der Waals surface area contributed by atoms with E-state index in [0.717, 1.165) is 17.7 Å². The molecular formula is C16H22N4O3. The topological polar surface area (TPSA) is 101 Å². The number of hydrogen-bond donors (Lipinski definition) is 2. The lowest BCUT2D eigenvalue weighted by molar-refractivity contribution is -0.121. The van der Waals surface area contributed by atoms with Crippen molar-refractivity contribution >= 4 is 5.91 Å². The van der Waals surface area contributed by atoms with Gasteiger partial charge in [0.25, 0.3) is 5.56 Å². The van der Waals surface area contributed by atoms with Gasteiger partial charge in [-0.2, -0.15) is 4.98 Å². The van der Waals surface area contributed by atoms with Gasteiger partial charge in [0.1, 0.15) is 0 Å². The van der Waals surface area contributed by atoms with Crippen LogP contribution in [-0.2, 0) is 24.2 Å². The first kappa shape index (κ1) is 16.9. The second-order valence-corrected chi connectivity index (χ2v) is 5.53. The number of aryl methyl sites for hydroxylation is 4. The highest BCUT2D eigenvalue weighted by Gasteiger charge is 2.09. The van der Waals surface area contributed by atoms with Crippen molar-refractivity contribution in [2.75, 3.05) is 0 Å². The first-order valence-electron chi connectivity index (χ1n) is 7.77. The zero-order valence-corrected chi connectivity index (χ0v) is 13.7. The van der Waals surface area contributed by atoms with E-state index in [1.165, 1.54) is 0 Å². The SMILES string of the molecule is CCc1noc(CCCC(=O)NCc2c(C)cc(C)[nH]c2=O)n1. The Morgan fingerprint density at radius 2 is 2.17 bits per heavy atom. The van der Waals surface area contributed by atoms with Crippen LogP contribution in [0.15, 0.2) is 15.4 Å². The maximum absolute atomic E-state index is 11.9. The average Bonchev–Trinajstić information content (AvgIpc) is 2.94. The predicted octanol–water partition coefficient (Wildman–Crippen LogP) is 1.58. The average molecular weight is 318 g/mol. The molecule has 1 amide bonds. The summed E-state index contributed by atoms with van der Waals surface area (Å²) in [7, 11) is 0. The largest absolute Gasteiger partial charge is 0.352 e. The van der Waals surface area contributed by atoms with E-state index in [-0.39, 0.29) is 18.0 Å². The fourth-order valence-corrected chi connectivity index (χ4v) is 2.31. The van der Waals surface area contributed by atoms with E-state index in [2.05, 4.69) is 20.4 Å². The standard InChI is InChI=1S/C16H22N4O3/c1-4-13-19-15(23-20-13)7-5-6-14(21)17-9-12-10(2)8-11(3)18-16(12)22/h8H,4-7,9H2,1-3H3,(H,17,21)(H,18,22). The summed E-state index contributed by atoms with van der Waals surface area (Å²) < 4.78 is 5.07. The molecule has 0 aliphatic rings. The number of nitrogens with one attached hydrogen (secondary N) is 2. The summed E-state index contributed by atoms with van der Waals surface area (Å²) in [6.07, 6.45) is 2.28. The van der Waals surface area contributed by atoms with Crippen LogP contribution in [0.4, 0.5) is 0 Å². The Hall–Kier alpha value is -2.44. The zero-order valence-electron chi connectivity index (χ0n) is 13.7. The molecule has 124 valence electrons. The van der Waals surface area contributed by atoms with Crippen molar-refractivity contribution in [1.29, 1.82) is 0 Å². The monoisotopic (exact) mass is 318 g/mol. The van der Waals surface area contributed by atoms with Gasteiger partial charge < -0.3 is 14.8 Å². The number of carbonyl (C=O) groups is 1. The molecule has 0 spiro atoms. The Balaban J connectivity index is 1.78. The summed E-state index contributed by atoms with van der Waals surface area (Å²) in [5, 5.41) is 6.59. The normalized spacial score (nSPS) is 10.7. The van der Waals surface area contributed by atoms with Crippen molar-refractivity contribution < 1.29 is 9.32 Å². The van der Waals surface area contributed by atoms with Crippen LogP contribution in [0.5, 0.6) is 0 Å². The van der Waals surface area contributed by atoms with Gasteiger partial charge in [-0.3, -0.25) is 9.59 Å². The number of aromatic amines is 1. The lowest BCUT2D eigenvalue weighted by atomic mass is 10.1. The molecule has 0 aliphatic heterocycles. The highest BCUT2D eigenvalue weighted by molar-refractivity contribution is 5.75. The van der Waals surface area contributed by atoms with E-state index in [9.17, 15) is 9.59 Å². The molecule has 0 saturated heterocycles. The Morgan fingerprint density at radius 1 is 1.39 bits per heavy atom. The highest BCUT2D eigenvalue weighted by Crippen LogP contribution is 2.05. The fourth-order valence-electron chi connectivity index (χ4n) is 2.31. The minimum atomic E-state index is -0.152. The lowest BCUT2D eigenvalue weighted by Crippen LogP contribution is -2.27. The van der Waals surface area contributed by atoms with E-state index >= 15 is 0 Å². The molecule has 7 nitrogen and oxygen atoms in total. The Kier molecular flexibility index (Phi) is 5.67. The summed E-state index contributed by atoms with van der Waals surface area (Å²) in [6.45, 7) is 5.89. The first-order chi connectivity index (χ1) is 11.0. The number of pyridine rings is 1. The molecule has 0 fully saturated rings. The molecule has 0 bridgehead atoms. The molecule has 7 heteroatoms. The van der Waals surface area contributed by atoms with E-state index in [1.807, 2.05) is 26.8 Å². The summed E-state index contributed by atoms with van der Waals surface area (Å²) in [5.41, 5.74) is 2.13. The van der Waals surface area contributed by atoms with Crippen molar-refractivity contribution in [1.82, 2.24) is 20.4 Å². The van der Waals surface area contributed by atoms with Gasteiger partial charge in [-0.1, -0.05) is 12.1 Å². The molecule has 0 aromatic carbocycles. The molecule has 2 N–H and O–H groups in total. The van der Waals surface area contributed by atoms with Gasteiger partial charge in [-0.05, 0) is 31.9 Å². The van der Waals surface area contributed by atoms with Crippen LogP contribution in [0.2, 0.25) is 0 Å². The molecule has 0 aliphatic carbocycles. The molecule has 0 radical (unpaired) electrons. The second kappa shape index (κ2) is 7.71. The third-order valence-corrected chi connectivity index (χ3v) is 3.58. The number of aromatic nitrogens is 3. The molecule has 2 rings (SSSR count). The van der Waals surface area contributed by atoms with Crippen molar-refractivity contribution in [3.8, 4) is 0 Å². The van der Waals surface area contributed by atoms with Crippen molar-refractivity contribution in [2.24, 2.45) is 0 Å². The second-order valence-electron chi connectivity index (χ2n) is 5.53. The number of hydrogen-bond acceptors (Lipinski definition) is 5. The van der Waals surface area contributed by atoms with Crippen LogP contribution in [-0.4, -0.2) is 21.0 Å². The number of H-pyrrole nitrogens is 1. The van der Waals surface area contributed by atoms with Crippen LogP contribution in [0.25, 0.3) is 0 Å². The quantitative estimate of drug-likeness (QED) is 0.807. The summed E-state index contributed by atoms with van der Waals surface area (Å²) in [6, 6.07) is 1.89. The predicted molar refractivity (Wildman–Crippen MR) is 85.0 cm³/mol. The van der Waals surface area contributed by atoms with Crippen molar-refractivity contribution in [3.05, 3.63) is 45.0 Å². The van der Waals surface area contributed by atoms with E-state index < -0.39 is 0 Å². The zero-order chi connectivity index (χ0) is 16.8. The molecule has 23 heavy (non-hydrogen) atoms. The highest BCUT2D eigenvalue weighted by atomic mass is 16.5. The van der Waals surface area contributed by atoms with Crippen LogP contribution in [0.3, 0.4) is 0 Å². The summed E-state index contributed by atoms with van der Waals surface area (Å²) in [4.78, 5) is 30.7. The van der Waals surface area contributed by atoms with Gasteiger partial charge in [0, 0.05) is 37.1 Å². The molecule has 2 heterocycles. The van der Waals surface area contributed by atoms with Crippen LogP contribution in [0, 0.1) is 13.8 Å². The first-order valence-corrected chi connectivity index (χ1v) is 7.77. The molecule has 0 saturated carbocycles. The minimum absolute atomic E-state index is 0.0976. The number of carbonyl (C=O) groups excluding carboxylic acids is 1. The van der Waals surface area contributed by atoms with Gasteiger partial charge in [0.2, 0.25) is 11.8 Å². The molecule has 2 aromatic rings. The molecular weight excluding hydrogens is 296 g/mol. The van der Waals surface area contributed by atoms with Gasteiger partial charge >= 0.3 is 0 Å². The maximum Gasteiger partial charge on any atom is 0.253 e. The third kappa shape index (κ3) is 4.77. The fraction of sp³-hybridized carbons (Fsp3) is 0.500. The number of rotatable bonds is 7. The van der Waals surface area contributed by atoms with Gasteiger partial charge in [0.15, 0.2) is 5.82 Å². The Bertz CT molecular complexity index is 733. The molecule has 0 atom stereocenters. The third-order valence-electron chi connectivity index (χ3n) is 3.58. The van der Waals surface area contributed by atoms with Gasteiger partial charge in [0.05, 0.1) is 0 Å². The maximum atomic E-state index is 11.9. The van der Waals surface area contributed by atoms with E-state index in [0.29, 0.717) is 36.5 Å². The molecule has 2 aromatic heterocycles. The summed E-state index contributed by atoms with van der Waals surface area (Å²) in [5.74, 6) is 1.14. The smallest absolute Gasteiger partial charge is 0.253 e. The van der Waals surface area contributed by atoms with Gasteiger partial charge in [-0.25, -0.2) is 0 Å². The van der Waals surface area contributed by atoms with E-state index in [1.54, 1.807) is 0 Å². The minimum Gasteiger partial charge on any atom is -0.352 e. The van der Waals surface area contributed by atoms with Crippen molar-refractivity contribution in [3.63, 3.8) is 0 Å². The number of amides is 1. The summed E-state index contributed by atoms with van der Waals surface area (Å²) >= 11 is 0. The lowest BCUT2D eigenvalue weighted by Gasteiger charge is -2.07. The molecule has 0 unspecified atom stereocenters. The van der Waals surface area contributed by atoms with Crippen LogP contribution < -0.4 is 10.9 Å². The Morgan fingerprint density at radius 3 is 2.83 bits per heavy atom.